The van der Waals surface area contributed by atoms with Crippen LogP contribution in [0.2, 0.25) is 0 Å². The van der Waals surface area contributed by atoms with E-state index in [2.05, 4.69) is 57.7 Å². The second kappa shape index (κ2) is 6.18. The minimum absolute atomic E-state index is 0.266. The average Bonchev–Trinajstić information content (AvgIpc) is 2.42. The van der Waals surface area contributed by atoms with E-state index in [-0.39, 0.29) is 6.04 Å². The van der Waals surface area contributed by atoms with Crippen LogP contribution in [0.4, 0.5) is 0 Å². The van der Waals surface area contributed by atoms with Crippen molar-refractivity contribution in [2.75, 3.05) is 0 Å². The van der Waals surface area contributed by atoms with Crippen molar-refractivity contribution in [3.05, 3.63) is 48.0 Å². The molecule has 0 heterocycles. The van der Waals surface area contributed by atoms with Crippen LogP contribution in [0, 0.1) is 11.8 Å². The molecule has 1 fully saturated rings. The average molecular weight is 255 g/mol. The Morgan fingerprint density at radius 3 is 2.58 bits per heavy atom. The first-order chi connectivity index (χ1) is 9.08. The minimum atomic E-state index is 0.266. The van der Waals surface area contributed by atoms with Crippen LogP contribution >= 0.6 is 0 Å². The maximum atomic E-state index is 5.00. The van der Waals surface area contributed by atoms with Gasteiger partial charge >= 0.3 is 0 Å². The second-order valence-electron chi connectivity index (χ2n) is 5.93. The van der Waals surface area contributed by atoms with Gasteiger partial charge < -0.3 is 0 Å². The highest BCUT2D eigenvalue weighted by atomic mass is 14.8. The molecule has 1 heteroatoms. The standard InChI is InChI=1S/C18H25N/c1-13(2)17-11-10-14(3)18(12-17)19-15(4)16-8-6-5-7-9-16/h5-9,14-15,17H,1,10-12H2,2-4H3/t14-,15+,17-/m1/s1. The van der Waals surface area contributed by atoms with Gasteiger partial charge in [0, 0.05) is 5.71 Å². The van der Waals surface area contributed by atoms with E-state index in [1.165, 1.54) is 29.7 Å². The molecular formula is C18H25N. The third-order valence-electron chi connectivity index (χ3n) is 4.31. The lowest BCUT2D eigenvalue weighted by atomic mass is 9.78. The molecule has 1 saturated carbocycles. The Labute approximate surface area is 117 Å². The molecule has 19 heavy (non-hydrogen) atoms. The number of benzene rings is 1. The van der Waals surface area contributed by atoms with Crippen molar-refractivity contribution in [1.29, 1.82) is 0 Å². The lowest BCUT2D eigenvalue weighted by Gasteiger charge is -2.29. The molecular weight excluding hydrogens is 230 g/mol. The molecule has 0 aromatic heterocycles. The summed E-state index contributed by atoms with van der Waals surface area (Å²) in [7, 11) is 0. The highest BCUT2D eigenvalue weighted by Gasteiger charge is 2.24. The molecule has 0 radical (unpaired) electrons. The molecule has 0 saturated heterocycles. The van der Waals surface area contributed by atoms with Gasteiger partial charge in [-0.05, 0) is 50.5 Å². The first kappa shape index (κ1) is 14.0. The Bertz CT molecular complexity index is 458. The summed E-state index contributed by atoms with van der Waals surface area (Å²) in [4.78, 5) is 5.00. The number of hydrogen-bond donors (Lipinski definition) is 0. The van der Waals surface area contributed by atoms with Crippen molar-refractivity contribution in [2.45, 2.75) is 46.1 Å². The number of rotatable bonds is 3. The van der Waals surface area contributed by atoms with E-state index in [1.807, 2.05) is 0 Å². The summed E-state index contributed by atoms with van der Waals surface area (Å²) in [5.74, 6) is 1.26. The van der Waals surface area contributed by atoms with E-state index in [0.29, 0.717) is 11.8 Å². The predicted molar refractivity (Wildman–Crippen MR) is 83.6 cm³/mol. The monoisotopic (exact) mass is 255 g/mol. The normalized spacial score (nSPS) is 27.2. The molecule has 0 spiro atoms. The van der Waals surface area contributed by atoms with Crippen LogP contribution in [0.5, 0.6) is 0 Å². The third kappa shape index (κ3) is 3.56. The molecule has 1 aliphatic rings. The molecule has 1 aromatic carbocycles. The second-order valence-corrected chi connectivity index (χ2v) is 5.93. The molecule has 0 N–H and O–H groups in total. The quantitative estimate of drug-likeness (QED) is 0.658. The SMILES string of the molecule is C=C(C)[C@@H]1CC[C@@H](C)C(=N[C@@H](C)c2ccccc2)C1. The Hall–Kier alpha value is -1.37. The van der Waals surface area contributed by atoms with Gasteiger partial charge in [0.15, 0.2) is 0 Å². The largest absolute Gasteiger partial charge is 0.286 e. The van der Waals surface area contributed by atoms with Crippen LogP contribution in [0.25, 0.3) is 0 Å². The summed E-state index contributed by atoms with van der Waals surface area (Å²) in [5.41, 5.74) is 4.00. The topological polar surface area (TPSA) is 12.4 Å². The summed E-state index contributed by atoms with van der Waals surface area (Å²) in [5, 5.41) is 0. The molecule has 1 aliphatic carbocycles. The molecule has 3 atom stereocenters. The fourth-order valence-corrected chi connectivity index (χ4v) is 2.83. The Morgan fingerprint density at radius 1 is 1.26 bits per heavy atom. The van der Waals surface area contributed by atoms with E-state index >= 15 is 0 Å². The van der Waals surface area contributed by atoms with Crippen LogP contribution in [-0.2, 0) is 0 Å². The fraction of sp³-hybridized carbons (Fsp3) is 0.500. The van der Waals surface area contributed by atoms with Gasteiger partial charge in [0.25, 0.3) is 0 Å². The van der Waals surface area contributed by atoms with Crippen molar-refractivity contribution >= 4 is 5.71 Å². The number of aliphatic imine (C=N–C) groups is 1. The Balaban J connectivity index is 2.14. The molecule has 2 rings (SSSR count). The summed E-state index contributed by atoms with van der Waals surface area (Å²) in [6, 6.07) is 10.8. The number of allylic oxidation sites excluding steroid dienone is 1. The molecule has 0 bridgehead atoms. The van der Waals surface area contributed by atoms with Crippen LogP contribution < -0.4 is 0 Å². The maximum absolute atomic E-state index is 5.00. The van der Waals surface area contributed by atoms with Gasteiger partial charge in [0.1, 0.15) is 0 Å². The molecule has 0 amide bonds. The summed E-state index contributed by atoms with van der Waals surface area (Å²) in [6.45, 7) is 10.8. The summed E-state index contributed by atoms with van der Waals surface area (Å²) < 4.78 is 0. The van der Waals surface area contributed by atoms with Crippen molar-refractivity contribution < 1.29 is 0 Å². The van der Waals surface area contributed by atoms with Gasteiger partial charge in [0.05, 0.1) is 6.04 Å². The first-order valence-electron chi connectivity index (χ1n) is 7.35. The van der Waals surface area contributed by atoms with Crippen LogP contribution in [0.15, 0.2) is 47.5 Å². The Morgan fingerprint density at radius 2 is 1.95 bits per heavy atom. The van der Waals surface area contributed by atoms with E-state index in [0.717, 1.165) is 6.42 Å². The number of hydrogen-bond acceptors (Lipinski definition) is 1. The van der Waals surface area contributed by atoms with E-state index in [1.54, 1.807) is 0 Å². The molecule has 0 unspecified atom stereocenters. The molecule has 1 nitrogen and oxygen atoms in total. The molecule has 1 aromatic rings. The van der Waals surface area contributed by atoms with Gasteiger partial charge in [-0.15, -0.1) is 0 Å². The minimum Gasteiger partial charge on any atom is -0.286 e. The highest BCUT2D eigenvalue weighted by Crippen LogP contribution is 2.32. The molecule has 0 aliphatic heterocycles. The summed E-state index contributed by atoms with van der Waals surface area (Å²) >= 11 is 0. The zero-order chi connectivity index (χ0) is 13.8. The Kier molecular flexibility index (Phi) is 4.57. The van der Waals surface area contributed by atoms with Crippen molar-refractivity contribution in [3.63, 3.8) is 0 Å². The molecule has 102 valence electrons. The maximum Gasteiger partial charge on any atom is 0.0720 e. The van der Waals surface area contributed by atoms with Crippen molar-refractivity contribution in [1.82, 2.24) is 0 Å². The van der Waals surface area contributed by atoms with Gasteiger partial charge in [-0.25, -0.2) is 0 Å². The van der Waals surface area contributed by atoms with Crippen molar-refractivity contribution in [2.24, 2.45) is 16.8 Å². The predicted octanol–water partition coefficient (Wildman–Crippen LogP) is 5.20. The van der Waals surface area contributed by atoms with Gasteiger partial charge in [-0.3, -0.25) is 4.99 Å². The first-order valence-corrected chi connectivity index (χ1v) is 7.35. The van der Waals surface area contributed by atoms with Crippen LogP contribution in [0.1, 0.15) is 51.6 Å². The van der Waals surface area contributed by atoms with Gasteiger partial charge in [0.2, 0.25) is 0 Å². The van der Waals surface area contributed by atoms with E-state index in [9.17, 15) is 0 Å². The highest BCUT2D eigenvalue weighted by molar-refractivity contribution is 5.88. The van der Waals surface area contributed by atoms with Crippen LogP contribution in [0.3, 0.4) is 0 Å². The number of nitrogens with zero attached hydrogens (tertiary/aromatic N) is 1. The lowest BCUT2D eigenvalue weighted by molar-refractivity contribution is 0.461. The van der Waals surface area contributed by atoms with E-state index < -0.39 is 0 Å². The summed E-state index contributed by atoms with van der Waals surface area (Å²) in [6.07, 6.45) is 3.63. The third-order valence-corrected chi connectivity index (χ3v) is 4.31. The zero-order valence-corrected chi connectivity index (χ0v) is 12.4. The van der Waals surface area contributed by atoms with Gasteiger partial charge in [-0.1, -0.05) is 49.4 Å². The van der Waals surface area contributed by atoms with E-state index in [4.69, 9.17) is 4.99 Å². The van der Waals surface area contributed by atoms with Gasteiger partial charge in [-0.2, -0.15) is 0 Å². The fourth-order valence-electron chi connectivity index (χ4n) is 2.83. The zero-order valence-electron chi connectivity index (χ0n) is 12.4. The smallest absolute Gasteiger partial charge is 0.0720 e. The van der Waals surface area contributed by atoms with Crippen molar-refractivity contribution in [3.8, 4) is 0 Å². The lowest BCUT2D eigenvalue weighted by Crippen LogP contribution is -2.24. The van der Waals surface area contributed by atoms with Crippen LogP contribution in [-0.4, -0.2) is 5.71 Å².